The number of nitrogens with zero attached hydrogens (tertiary/aromatic N) is 1. The van der Waals surface area contributed by atoms with Crippen LogP contribution in [-0.2, 0) is 0 Å². The van der Waals surface area contributed by atoms with Crippen LogP contribution in [0.25, 0.3) is 0 Å². The SMILES string of the molecule is CC(C)NCCCCN1CCC(C(C)C)C1. The molecule has 0 saturated carbocycles. The largest absolute Gasteiger partial charge is 0.315 e. The summed E-state index contributed by atoms with van der Waals surface area (Å²) in [5, 5.41) is 3.48. The minimum absolute atomic E-state index is 0.636. The fraction of sp³-hybridized carbons (Fsp3) is 1.00. The summed E-state index contributed by atoms with van der Waals surface area (Å²) >= 11 is 0. The van der Waals surface area contributed by atoms with E-state index in [0.717, 1.165) is 11.8 Å². The Labute approximate surface area is 102 Å². The van der Waals surface area contributed by atoms with Crippen LogP contribution in [0.2, 0.25) is 0 Å². The number of likely N-dealkylation sites (tertiary alicyclic amines) is 1. The van der Waals surface area contributed by atoms with Crippen LogP contribution >= 0.6 is 0 Å². The second kappa shape index (κ2) is 7.29. The third-order valence-electron chi connectivity index (χ3n) is 3.71. The van der Waals surface area contributed by atoms with E-state index < -0.39 is 0 Å². The van der Waals surface area contributed by atoms with Crippen molar-refractivity contribution in [2.24, 2.45) is 11.8 Å². The number of rotatable bonds is 7. The van der Waals surface area contributed by atoms with Gasteiger partial charge in [-0.1, -0.05) is 27.7 Å². The Balaban J connectivity index is 1.98. The molecular weight excluding hydrogens is 196 g/mol. The minimum atomic E-state index is 0.636. The van der Waals surface area contributed by atoms with E-state index in [9.17, 15) is 0 Å². The molecule has 16 heavy (non-hydrogen) atoms. The molecule has 0 radical (unpaired) electrons. The van der Waals surface area contributed by atoms with Crippen molar-refractivity contribution in [1.82, 2.24) is 10.2 Å². The summed E-state index contributed by atoms with van der Waals surface area (Å²) in [6, 6.07) is 0.636. The predicted octanol–water partition coefficient (Wildman–Crippen LogP) is 2.74. The van der Waals surface area contributed by atoms with E-state index in [-0.39, 0.29) is 0 Å². The molecule has 1 fully saturated rings. The lowest BCUT2D eigenvalue weighted by atomic mass is 9.95. The van der Waals surface area contributed by atoms with Crippen LogP contribution in [0.4, 0.5) is 0 Å². The lowest BCUT2D eigenvalue weighted by Crippen LogP contribution is -2.26. The summed E-state index contributed by atoms with van der Waals surface area (Å²) < 4.78 is 0. The molecule has 1 unspecified atom stereocenters. The third kappa shape index (κ3) is 5.31. The predicted molar refractivity (Wildman–Crippen MR) is 71.8 cm³/mol. The molecule has 1 N–H and O–H groups in total. The van der Waals surface area contributed by atoms with Crippen LogP contribution in [0, 0.1) is 11.8 Å². The molecule has 0 aromatic rings. The van der Waals surface area contributed by atoms with Gasteiger partial charge >= 0.3 is 0 Å². The van der Waals surface area contributed by atoms with E-state index in [1.807, 2.05) is 0 Å². The number of hydrogen-bond acceptors (Lipinski definition) is 2. The smallest absolute Gasteiger partial charge is 0.00126 e. The summed E-state index contributed by atoms with van der Waals surface area (Å²) in [5.74, 6) is 1.82. The fourth-order valence-electron chi connectivity index (χ4n) is 2.46. The van der Waals surface area contributed by atoms with Crippen molar-refractivity contribution < 1.29 is 0 Å². The molecule has 0 amide bonds. The molecule has 2 heteroatoms. The van der Waals surface area contributed by atoms with Crippen molar-refractivity contribution in [3.8, 4) is 0 Å². The molecule has 96 valence electrons. The molecule has 0 bridgehead atoms. The molecule has 0 aromatic heterocycles. The maximum Gasteiger partial charge on any atom is 0.00126 e. The molecule has 2 nitrogen and oxygen atoms in total. The molecule has 1 aliphatic rings. The van der Waals surface area contributed by atoms with Gasteiger partial charge in [-0.25, -0.2) is 0 Å². The zero-order valence-corrected chi connectivity index (χ0v) is 11.6. The average molecular weight is 226 g/mol. The van der Waals surface area contributed by atoms with Gasteiger partial charge in [-0.15, -0.1) is 0 Å². The molecule has 1 aliphatic heterocycles. The van der Waals surface area contributed by atoms with E-state index in [1.165, 1.54) is 45.4 Å². The van der Waals surface area contributed by atoms with Gasteiger partial charge in [-0.3, -0.25) is 0 Å². The Kier molecular flexibility index (Phi) is 6.37. The number of hydrogen-bond donors (Lipinski definition) is 1. The normalized spacial score (nSPS) is 22.5. The highest BCUT2D eigenvalue weighted by Crippen LogP contribution is 2.23. The second-order valence-corrected chi connectivity index (χ2v) is 5.91. The van der Waals surface area contributed by atoms with Crippen LogP contribution in [0.1, 0.15) is 47.0 Å². The summed E-state index contributed by atoms with van der Waals surface area (Å²) in [4.78, 5) is 2.65. The lowest BCUT2D eigenvalue weighted by molar-refractivity contribution is 0.296. The highest BCUT2D eigenvalue weighted by atomic mass is 15.1. The van der Waals surface area contributed by atoms with Crippen molar-refractivity contribution in [2.45, 2.75) is 53.0 Å². The molecule has 0 aromatic carbocycles. The number of nitrogens with one attached hydrogen (secondary N) is 1. The molecule has 1 atom stereocenters. The fourth-order valence-corrected chi connectivity index (χ4v) is 2.46. The first-order valence-electron chi connectivity index (χ1n) is 7.05. The van der Waals surface area contributed by atoms with Crippen LogP contribution in [0.15, 0.2) is 0 Å². The van der Waals surface area contributed by atoms with Gasteiger partial charge in [0.05, 0.1) is 0 Å². The molecule has 0 spiro atoms. The number of unbranched alkanes of at least 4 members (excludes halogenated alkanes) is 1. The highest BCUT2D eigenvalue weighted by molar-refractivity contribution is 4.77. The Hall–Kier alpha value is -0.0800. The Morgan fingerprint density at radius 3 is 2.50 bits per heavy atom. The van der Waals surface area contributed by atoms with E-state index in [1.54, 1.807) is 0 Å². The Bertz CT molecular complexity index is 178. The van der Waals surface area contributed by atoms with Gasteiger partial charge in [-0.2, -0.15) is 0 Å². The molecule has 1 rings (SSSR count). The molecule has 1 saturated heterocycles. The van der Waals surface area contributed by atoms with Crippen molar-refractivity contribution >= 4 is 0 Å². The van der Waals surface area contributed by atoms with Crippen LogP contribution in [0.3, 0.4) is 0 Å². The molecular formula is C14H30N2. The van der Waals surface area contributed by atoms with Crippen molar-refractivity contribution in [1.29, 1.82) is 0 Å². The van der Waals surface area contributed by atoms with E-state index in [2.05, 4.69) is 37.9 Å². The van der Waals surface area contributed by atoms with E-state index in [0.29, 0.717) is 6.04 Å². The lowest BCUT2D eigenvalue weighted by Gasteiger charge is -2.17. The van der Waals surface area contributed by atoms with Crippen LogP contribution in [0.5, 0.6) is 0 Å². The van der Waals surface area contributed by atoms with Gasteiger partial charge in [0.1, 0.15) is 0 Å². The zero-order chi connectivity index (χ0) is 12.0. The second-order valence-electron chi connectivity index (χ2n) is 5.91. The Morgan fingerprint density at radius 2 is 1.94 bits per heavy atom. The first-order chi connectivity index (χ1) is 7.59. The maximum atomic E-state index is 3.48. The van der Waals surface area contributed by atoms with Gasteiger partial charge in [0.25, 0.3) is 0 Å². The van der Waals surface area contributed by atoms with E-state index in [4.69, 9.17) is 0 Å². The van der Waals surface area contributed by atoms with Crippen LogP contribution in [-0.4, -0.2) is 37.1 Å². The van der Waals surface area contributed by atoms with Gasteiger partial charge < -0.3 is 10.2 Å². The average Bonchev–Trinajstić information content (AvgIpc) is 2.65. The monoisotopic (exact) mass is 226 g/mol. The summed E-state index contributed by atoms with van der Waals surface area (Å²) in [5.41, 5.74) is 0. The summed E-state index contributed by atoms with van der Waals surface area (Å²) in [7, 11) is 0. The first-order valence-corrected chi connectivity index (χ1v) is 7.05. The quantitative estimate of drug-likeness (QED) is 0.672. The highest BCUT2D eigenvalue weighted by Gasteiger charge is 2.23. The standard InChI is InChI=1S/C14H30N2/c1-12(2)14-7-10-16(11-14)9-6-5-8-15-13(3)4/h12-15H,5-11H2,1-4H3. The van der Waals surface area contributed by atoms with E-state index >= 15 is 0 Å². The summed E-state index contributed by atoms with van der Waals surface area (Å²) in [6.07, 6.45) is 4.09. The Morgan fingerprint density at radius 1 is 1.19 bits per heavy atom. The van der Waals surface area contributed by atoms with Crippen molar-refractivity contribution in [3.05, 3.63) is 0 Å². The maximum absolute atomic E-state index is 3.48. The van der Waals surface area contributed by atoms with Crippen molar-refractivity contribution in [2.75, 3.05) is 26.2 Å². The minimum Gasteiger partial charge on any atom is -0.315 e. The van der Waals surface area contributed by atoms with Gasteiger partial charge in [0, 0.05) is 12.6 Å². The third-order valence-corrected chi connectivity index (χ3v) is 3.71. The molecule has 1 heterocycles. The summed E-state index contributed by atoms with van der Waals surface area (Å²) in [6.45, 7) is 14.3. The van der Waals surface area contributed by atoms with Gasteiger partial charge in [-0.05, 0) is 50.7 Å². The van der Waals surface area contributed by atoms with Gasteiger partial charge in [0.15, 0.2) is 0 Å². The van der Waals surface area contributed by atoms with Crippen molar-refractivity contribution in [3.63, 3.8) is 0 Å². The topological polar surface area (TPSA) is 15.3 Å². The zero-order valence-electron chi connectivity index (χ0n) is 11.6. The molecule has 0 aliphatic carbocycles. The first kappa shape index (κ1) is 14.0. The van der Waals surface area contributed by atoms with Gasteiger partial charge in [0.2, 0.25) is 0 Å². The van der Waals surface area contributed by atoms with Crippen LogP contribution < -0.4 is 5.32 Å².